The first-order chi connectivity index (χ1) is 9.69. The van der Waals surface area contributed by atoms with E-state index in [0.29, 0.717) is 5.56 Å². The van der Waals surface area contributed by atoms with Gasteiger partial charge in [-0.25, -0.2) is 4.79 Å². The lowest BCUT2D eigenvalue weighted by atomic mass is 10.2. The van der Waals surface area contributed by atoms with Crippen LogP contribution < -0.4 is 4.74 Å². The fourth-order valence-electron chi connectivity index (χ4n) is 2.00. The maximum absolute atomic E-state index is 12.0. The normalized spacial score (nSPS) is 17.3. The Balaban J connectivity index is 1.94. The van der Waals surface area contributed by atoms with Crippen LogP contribution in [0.1, 0.15) is 21.4 Å². The summed E-state index contributed by atoms with van der Waals surface area (Å²) in [6, 6.07) is 13.2. The number of hydrogen-bond acceptors (Lipinski definition) is 4. The van der Waals surface area contributed by atoms with Crippen LogP contribution >= 0.6 is 27.7 Å². The highest BCUT2D eigenvalue weighted by molar-refractivity contribution is 9.10. The Morgan fingerprint density at radius 3 is 2.80 bits per heavy atom. The summed E-state index contributed by atoms with van der Waals surface area (Å²) in [5.74, 6) is 0.470. The van der Waals surface area contributed by atoms with Crippen LogP contribution in [0.15, 0.2) is 51.8 Å². The lowest BCUT2D eigenvalue weighted by Crippen LogP contribution is -2.15. The first-order valence-electron chi connectivity index (χ1n) is 5.99. The van der Waals surface area contributed by atoms with Gasteiger partial charge in [-0.1, -0.05) is 30.0 Å². The van der Waals surface area contributed by atoms with Crippen molar-refractivity contribution in [1.29, 1.82) is 0 Å². The molecule has 2 aromatic rings. The standard InChI is InChI=1S/C15H11BrO3S/c1-18-12-7-6-9(8-11(12)16)15-19-14(17)10-4-2-3-5-13(10)20-15/h2-8,15H,1H3/t15-/m1/s1. The van der Waals surface area contributed by atoms with Crippen molar-refractivity contribution in [2.75, 3.05) is 7.11 Å². The molecule has 0 bridgehead atoms. The Morgan fingerprint density at radius 1 is 1.25 bits per heavy atom. The quantitative estimate of drug-likeness (QED) is 0.751. The fraction of sp³-hybridized carbons (Fsp3) is 0.133. The molecular weight excluding hydrogens is 340 g/mol. The molecule has 1 heterocycles. The van der Waals surface area contributed by atoms with Crippen LogP contribution in [-0.2, 0) is 4.74 Å². The smallest absolute Gasteiger partial charge is 0.340 e. The number of carbonyl (C=O) groups is 1. The van der Waals surface area contributed by atoms with Crippen LogP contribution in [0.2, 0.25) is 0 Å². The van der Waals surface area contributed by atoms with Crippen molar-refractivity contribution >= 4 is 33.7 Å². The minimum Gasteiger partial charge on any atom is -0.496 e. The lowest BCUT2D eigenvalue weighted by molar-refractivity contribution is 0.0439. The summed E-state index contributed by atoms with van der Waals surface area (Å²) >= 11 is 4.98. The van der Waals surface area contributed by atoms with E-state index < -0.39 is 0 Å². The lowest BCUT2D eigenvalue weighted by Gasteiger charge is -2.24. The third-order valence-corrected chi connectivity index (χ3v) is 4.82. The zero-order valence-electron chi connectivity index (χ0n) is 10.6. The average molecular weight is 351 g/mol. The molecule has 0 aromatic heterocycles. The number of thioether (sulfide) groups is 1. The van der Waals surface area contributed by atoms with Crippen LogP contribution in [0.4, 0.5) is 0 Å². The maximum Gasteiger partial charge on any atom is 0.340 e. The number of fused-ring (bicyclic) bond motifs is 1. The van der Waals surface area contributed by atoms with E-state index in [9.17, 15) is 4.79 Å². The number of hydrogen-bond donors (Lipinski definition) is 0. The second-order valence-electron chi connectivity index (χ2n) is 4.25. The summed E-state index contributed by atoms with van der Waals surface area (Å²) in [6.45, 7) is 0. The van der Waals surface area contributed by atoms with Gasteiger partial charge in [0.2, 0.25) is 0 Å². The molecule has 1 aliphatic heterocycles. The molecule has 0 N–H and O–H groups in total. The van der Waals surface area contributed by atoms with Crippen molar-refractivity contribution in [3.63, 3.8) is 0 Å². The number of ether oxygens (including phenoxy) is 2. The van der Waals surface area contributed by atoms with Crippen LogP contribution in [0.5, 0.6) is 5.75 Å². The van der Waals surface area contributed by atoms with Gasteiger partial charge < -0.3 is 9.47 Å². The molecule has 0 radical (unpaired) electrons. The second-order valence-corrected chi connectivity index (χ2v) is 6.20. The molecule has 20 heavy (non-hydrogen) atoms. The summed E-state index contributed by atoms with van der Waals surface area (Å²) in [4.78, 5) is 13.0. The van der Waals surface area contributed by atoms with Gasteiger partial charge in [0.1, 0.15) is 5.75 Å². The predicted octanol–water partition coefficient (Wildman–Crippen LogP) is 4.42. The Hall–Kier alpha value is -1.46. The van der Waals surface area contributed by atoms with E-state index in [1.165, 1.54) is 11.8 Å². The molecule has 3 rings (SSSR count). The molecule has 1 aliphatic rings. The van der Waals surface area contributed by atoms with E-state index in [0.717, 1.165) is 20.7 Å². The van der Waals surface area contributed by atoms with Crippen molar-refractivity contribution in [3.8, 4) is 5.75 Å². The Morgan fingerprint density at radius 2 is 2.05 bits per heavy atom. The van der Waals surface area contributed by atoms with Crippen LogP contribution in [-0.4, -0.2) is 13.1 Å². The van der Waals surface area contributed by atoms with E-state index >= 15 is 0 Å². The molecule has 0 unspecified atom stereocenters. The van der Waals surface area contributed by atoms with Gasteiger partial charge in [-0.05, 0) is 40.2 Å². The zero-order valence-corrected chi connectivity index (χ0v) is 13.0. The van der Waals surface area contributed by atoms with E-state index in [2.05, 4.69) is 15.9 Å². The molecule has 5 heteroatoms. The third kappa shape index (κ3) is 2.43. The number of methoxy groups -OCH3 is 1. The zero-order chi connectivity index (χ0) is 14.1. The largest absolute Gasteiger partial charge is 0.496 e. The summed E-state index contributed by atoms with van der Waals surface area (Å²) < 4.78 is 11.5. The second kappa shape index (κ2) is 5.50. The van der Waals surface area contributed by atoms with E-state index in [1.807, 2.05) is 36.4 Å². The molecule has 0 amide bonds. The Labute approximate surface area is 129 Å². The Bertz CT molecular complexity index is 672. The van der Waals surface area contributed by atoms with Crippen LogP contribution in [0.25, 0.3) is 0 Å². The summed E-state index contributed by atoms with van der Waals surface area (Å²) in [6.07, 6.45) is 0. The highest BCUT2D eigenvalue weighted by Gasteiger charge is 2.28. The number of carbonyl (C=O) groups excluding carboxylic acids is 1. The molecular formula is C15H11BrO3S. The summed E-state index contributed by atoms with van der Waals surface area (Å²) in [7, 11) is 1.62. The van der Waals surface area contributed by atoms with E-state index in [-0.39, 0.29) is 11.4 Å². The molecule has 0 saturated heterocycles. The number of cyclic esters (lactones) is 1. The highest BCUT2D eigenvalue weighted by Crippen LogP contribution is 2.43. The fourth-order valence-corrected chi connectivity index (χ4v) is 3.65. The predicted molar refractivity (Wildman–Crippen MR) is 81.1 cm³/mol. The van der Waals surface area contributed by atoms with Gasteiger partial charge in [0, 0.05) is 10.5 Å². The molecule has 0 aliphatic carbocycles. The number of halogens is 1. The molecule has 3 nitrogen and oxygen atoms in total. The van der Waals surface area contributed by atoms with Crippen LogP contribution in [0, 0.1) is 0 Å². The first kappa shape index (κ1) is 13.5. The molecule has 0 spiro atoms. The topological polar surface area (TPSA) is 35.5 Å². The maximum atomic E-state index is 12.0. The third-order valence-electron chi connectivity index (χ3n) is 3.00. The average Bonchev–Trinajstić information content (AvgIpc) is 2.47. The van der Waals surface area contributed by atoms with Crippen molar-refractivity contribution in [3.05, 3.63) is 58.1 Å². The number of esters is 1. The minimum atomic E-state index is -0.334. The first-order valence-corrected chi connectivity index (χ1v) is 7.66. The van der Waals surface area contributed by atoms with Crippen molar-refractivity contribution in [1.82, 2.24) is 0 Å². The molecule has 102 valence electrons. The van der Waals surface area contributed by atoms with E-state index in [1.54, 1.807) is 13.2 Å². The van der Waals surface area contributed by atoms with Gasteiger partial charge in [0.15, 0.2) is 5.44 Å². The SMILES string of the molecule is COc1ccc([C@@H]2OC(=O)c3ccccc3S2)cc1Br. The summed E-state index contributed by atoms with van der Waals surface area (Å²) in [5, 5.41) is 0. The molecule has 2 aromatic carbocycles. The van der Waals surface area contributed by atoms with Gasteiger partial charge in [0.25, 0.3) is 0 Å². The number of rotatable bonds is 2. The van der Waals surface area contributed by atoms with E-state index in [4.69, 9.17) is 9.47 Å². The number of benzene rings is 2. The van der Waals surface area contributed by atoms with Gasteiger partial charge in [-0.3, -0.25) is 0 Å². The summed E-state index contributed by atoms with van der Waals surface area (Å²) in [5.41, 5.74) is 1.21. The van der Waals surface area contributed by atoms with Crippen LogP contribution in [0.3, 0.4) is 0 Å². The van der Waals surface area contributed by atoms with Crippen molar-refractivity contribution < 1.29 is 14.3 Å². The van der Waals surface area contributed by atoms with Crippen molar-refractivity contribution in [2.45, 2.75) is 10.3 Å². The van der Waals surface area contributed by atoms with Gasteiger partial charge in [0.05, 0.1) is 17.1 Å². The monoisotopic (exact) mass is 350 g/mol. The van der Waals surface area contributed by atoms with Gasteiger partial charge in [-0.2, -0.15) is 0 Å². The van der Waals surface area contributed by atoms with Crippen molar-refractivity contribution in [2.24, 2.45) is 0 Å². The van der Waals surface area contributed by atoms with Gasteiger partial charge in [-0.15, -0.1) is 0 Å². The molecule has 0 fully saturated rings. The Kier molecular flexibility index (Phi) is 3.72. The molecule has 0 saturated carbocycles. The minimum absolute atomic E-state index is 0.281. The molecule has 1 atom stereocenters. The highest BCUT2D eigenvalue weighted by atomic mass is 79.9. The van der Waals surface area contributed by atoms with Gasteiger partial charge >= 0.3 is 5.97 Å².